The predicted molar refractivity (Wildman–Crippen MR) is 64.8 cm³/mol. The van der Waals surface area contributed by atoms with Crippen LogP contribution in [0.1, 0.15) is 37.3 Å². The second kappa shape index (κ2) is 3.94. The van der Waals surface area contributed by atoms with E-state index in [4.69, 9.17) is 22.1 Å². The van der Waals surface area contributed by atoms with Crippen LogP contribution in [-0.4, -0.2) is 6.10 Å². The molecule has 1 heterocycles. The molecule has 0 bridgehead atoms. The molecular weight excluding hydrogens is 222 g/mol. The summed E-state index contributed by atoms with van der Waals surface area (Å²) >= 11 is 5.97. The Morgan fingerprint density at radius 3 is 2.81 bits per heavy atom. The van der Waals surface area contributed by atoms with E-state index in [9.17, 15) is 0 Å². The lowest BCUT2D eigenvalue weighted by Crippen LogP contribution is -2.38. The fraction of sp³-hybridized carbons (Fsp3) is 0.538. The van der Waals surface area contributed by atoms with Crippen molar-refractivity contribution in [1.82, 2.24) is 0 Å². The van der Waals surface area contributed by atoms with Gasteiger partial charge in [0.25, 0.3) is 0 Å². The molecule has 0 amide bonds. The molecule has 2 aliphatic rings. The van der Waals surface area contributed by atoms with Crippen molar-refractivity contribution >= 4 is 11.6 Å². The number of fused-ring (bicyclic) bond motifs is 1. The first-order valence-electron chi connectivity index (χ1n) is 5.96. The van der Waals surface area contributed by atoms with Crippen LogP contribution >= 0.6 is 11.6 Å². The quantitative estimate of drug-likeness (QED) is 0.814. The number of hydrogen-bond donors (Lipinski definition) is 1. The average Bonchev–Trinajstić information content (AvgIpc) is 2.17. The van der Waals surface area contributed by atoms with Crippen molar-refractivity contribution in [3.8, 4) is 5.75 Å². The number of benzene rings is 1. The number of nitrogens with two attached hydrogens (primary N) is 1. The molecule has 3 heteroatoms. The number of hydrogen-bond acceptors (Lipinski definition) is 2. The fourth-order valence-electron chi connectivity index (χ4n) is 2.61. The Morgan fingerprint density at radius 2 is 2.12 bits per heavy atom. The van der Waals surface area contributed by atoms with Crippen molar-refractivity contribution in [3.05, 3.63) is 28.8 Å². The van der Waals surface area contributed by atoms with E-state index in [1.807, 2.05) is 18.2 Å². The summed E-state index contributed by atoms with van der Waals surface area (Å²) < 4.78 is 6.02. The van der Waals surface area contributed by atoms with Crippen molar-refractivity contribution in [1.29, 1.82) is 0 Å². The van der Waals surface area contributed by atoms with Crippen molar-refractivity contribution in [2.24, 2.45) is 11.7 Å². The van der Waals surface area contributed by atoms with E-state index < -0.39 is 0 Å². The van der Waals surface area contributed by atoms with Gasteiger partial charge in [0.2, 0.25) is 0 Å². The lowest BCUT2D eigenvalue weighted by molar-refractivity contribution is 0.0580. The van der Waals surface area contributed by atoms with Gasteiger partial charge in [-0.25, -0.2) is 0 Å². The van der Waals surface area contributed by atoms with E-state index >= 15 is 0 Å². The summed E-state index contributed by atoms with van der Waals surface area (Å²) in [6.07, 6.45) is 5.17. The maximum absolute atomic E-state index is 6.18. The molecule has 1 saturated carbocycles. The Morgan fingerprint density at radius 1 is 1.31 bits per heavy atom. The molecule has 0 aromatic heterocycles. The Kier molecular flexibility index (Phi) is 2.56. The van der Waals surface area contributed by atoms with Gasteiger partial charge in [0.05, 0.1) is 0 Å². The normalized spacial score (nSPS) is 29.1. The second-order valence-corrected chi connectivity index (χ2v) is 5.31. The van der Waals surface area contributed by atoms with Gasteiger partial charge >= 0.3 is 0 Å². The van der Waals surface area contributed by atoms with E-state index in [1.165, 1.54) is 19.3 Å². The first-order valence-corrected chi connectivity index (χ1v) is 6.33. The van der Waals surface area contributed by atoms with Crippen molar-refractivity contribution in [2.45, 2.75) is 37.8 Å². The van der Waals surface area contributed by atoms with Gasteiger partial charge in [0, 0.05) is 23.0 Å². The molecule has 2 atom stereocenters. The highest BCUT2D eigenvalue weighted by Crippen LogP contribution is 2.41. The van der Waals surface area contributed by atoms with E-state index in [0.717, 1.165) is 28.7 Å². The van der Waals surface area contributed by atoms with Gasteiger partial charge in [-0.15, -0.1) is 0 Å². The molecule has 2 nitrogen and oxygen atoms in total. The summed E-state index contributed by atoms with van der Waals surface area (Å²) in [4.78, 5) is 0. The largest absolute Gasteiger partial charge is 0.490 e. The molecule has 1 aromatic rings. The third kappa shape index (κ3) is 1.70. The minimum Gasteiger partial charge on any atom is -0.490 e. The van der Waals surface area contributed by atoms with Gasteiger partial charge in [0.15, 0.2) is 0 Å². The van der Waals surface area contributed by atoms with Gasteiger partial charge in [-0.2, -0.15) is 0 Å². The van der Waals surface area contributed by atoms with Gasteiger partial charge in [-0.3, -0.25) is 0 Å². The summed E-state index contributed by atoms with van der Waals surface area (Å²) in [5, 5.41) is 0.736. The van der Waals surface area contributed by atoms with Crippen LogP contribution in [0.2, 0.25) is 5.02 Å². The first-order chi connectivity index (χ1) is 7.74. The molecule has 3 rings (SSSR count). The molecule has 0 radical (unpaired) electrons. The highest BCUT2D eigenvalue weighted by atomic mass is 35.5. The zero-order valence-electron chi connectivity index (χ0n) is 9.16. The zero-order chi connectivity index (χ0) is 11.1. The molecule has 16 heavy (non-hydrogen) atoms. The molecule has 0 saturated heterocycles. The Balaban J connectivity index is 1.87. The van der Waals surface area contributed by atoms with E-state index in [2.05, 4.69) is 0 Å². The molecular formula is C13H16ClNO. The molecule has 1 aliphatic carbocycles. The SMILES string of the molecule is N[C@H]1CC(C2CCC2)Oc2ccc(Cl)cc21. The van der Waals surface area contributed by atoms with Crippen LogP contribution in [0.5, 0.6) is 5.75 Å². The highest BCUT2D eigenvalue weighted by molar-refractivity contribution is 6.30. The molecule has 1 aliphatic heterocycles. The van der Waals surface area contributed by atoms with Crippen molar-refractivity contribution in [3.63, 3.8) is 0 Å². The maximum Gasteiger partial charge on any atom is 0.124 e. The van der Waals surface area contributed by atoms with Crippen molar-refractivity contribution in [2.75, 3.05) is 0 Å². The molecule has 1 unspecified atom stereocenters. The van der Waals surface area contributed by atoms with E-state index in [-0.39, 0.29) is 6.04 Å². The second-order valence-electron chi connectivity index (χ2n) is 4.87. The summed E-state index contributed by atoms with van der Waals surface area (Å²) in [7, 11) is 0. The number of halogens is 1. The lowest BCUT2D eigenvalue weighted by Gasteiger charge is -2.39. The Labute approximate surface area is 101 Å². The average molecular weight is 238 g/mol. The standard InChI is InChI=1S/C13H16ClNO/c14-9-4-5-12-10(6-9)11(15)7-13(16-12)8-2-1-3-8/h4-6,8,11,13H,1-3,7,15H2/t11-,13?/m0/s1. The maximum atomic E-state index is 6.18. The monoisotopic (exact) mass is 237 g/mol. The molecule has 2 N–H and O–H groups in total. The number of ether oxygens (including phenoxy) is 1. The van der Waals surface area contributed by atoms with Crippen LogP contribution in [0.15, 0.2) is 18.2 Å². The van der Waals surface area contributed by atoms with Crippen LogP contribution in [0.25, 0.3) is 0 Å². The van der Waals surface area contributed by atoms with Gasteiger partial charge in [-0.05, 0) is 37.0 Å². The predicted octanol–water partition coefficient (Wildman–Crippen LogP) is 3.29. The third-order valence-corrected chi connectivity index (χ3v) is 4.05. The van der Waals surface area contributed by atoms with Crippen LogP contribution in [0.4, 0.5) is 0 Å². The smallest absolute Gasteiger partial charge is 0.124 e. The van der Waals surface area contributed by atoms with Gasteiger partial charge < -0.3 is 10.5 Å². The van der Waals surface area contributed by atoms with Gasteiger partial charge in [0.1, 0.15) is 11.9 Å². The molecule has 86 valence electrons. The molecule has 0 spiro atoms. The third-order valence-electron chi connectivity index (χ3n) is 3.81. The van der Waals surface area contributed by atoms with E-state index in [0.29, 0.717) is 6.10 Å². The molecule has 1 fully saturated rings. The topological polar surface area (TPSA) is 35.2 Å². The van der Waals surface area contributed by atoms with Crippen molar-refractivity contribution < 1.29 is 4.74 Å². The Hall–Kier alpha value is -0.730. The first kappa shape index (κ1) is 10.4. The summed E-state index contributed by atoms with van der Waals surface area (Å²) in [6, 6.07) is 5.82. The number of rotatable bonds is 1. The fourth-order valence-corrected chi connectivity index (χ4v) is 2.79. The van der Waals surface area contributed by atoms with Gasteiger partial charge in [-0.1, -0.05) is 18.0 Å². The Bertz CT molecular complexity index is 403. The van der Waals surface area contributed by atoms with Crippen LogP contribution in [0.3, 0.4) is 0 Å². The van der Waals surface area contributed by atoms with E-state index in [1.54, 1.807) is 0 Å². The summed E-state index contributed by atoms with van der Waals surface area (Å²) in [5.41, 5.74) is 7.24. The lowest BCUT2D eigenvalue weighted by atomic mass is 9.77. The highest BCUT2D eigenvalue weighted by Gasteiger charge is 2.34. The minimum absolute atomic E-state index is 0.0769. The zero-order valence-corrected chi connectivity index (χ0v) is 9.91. The summed E-state index contributed by atoms with van der Waals surface area (Å²) in [6.45, 7) is 0. The van der Waals surface area contributed by atoms with Crippen LogP contribution in [0, 0.1) is 5.92 Å². The van der Waals surface area contributed by atoms with Crippen LogP contribution in [-0.2, 0) is 0 Å². The van der Waals surface area contributed by atoms with Crippen LogP contribution < -0.4 is 10.5 Å². The molecule has 1 aromatic carbocycles. The minimum atomic E-state index is 0.0769. The summed E-state index contributed by atoms with van der Waals surface area (Å²) in [5.74, 6) is 1.65.